The van der Waals surface area contributed by atoms with Crippen molar-refractivity contribution in [2.45, 2.75) is 54.4 Å². The molecule has 80 valence electrons. The minimum atomic E-state index is 0.642. The highest BCUT2D eigenvalue weighted by atomic mass is 14.1. The van der Waals surface area contributed by atoms with Crippen LogP contribution in [0, 0.1) is 20.8 Å². The predicted octanol–water partition coefficient (Wildman–Crippen LogP) is 4.76. The maximum Gasteiger partial charge on any atom is -0.0219 e. The Bertz CT molecular complexity index is 259. The quantitative estimate of drug-likeness (QED) is 0.601. The van der Waals surface area contributed by atoms with E-state index in [1.165, 1.54) is 22.3 Å². The molecule has 1 aromatic rings. The Morgan fingerprint density at radius 3 is 1.50 bits per heavy atom. The number of aryl methyl sites for hydroxylation is 2. The standard InChI is InChI=1S/C12H18.C2H6/c1-8(2)12-6-9(3)11(5)10(4)7-12;1-2/h6-8H,1-5H3;1-2H3. The van der Waals surface area contributed by atoms with Crippen LogP contribution >= 0.6 is 0 Å². The van der Waals surface area contributed by atoms with Gasteiger partial charge < -0.3 is 0 Å². The molecule has 1 rings (SSSR count). The van der Waals surface area contributed by atoms with Crippen molar-refractivity contribution < 1.29 is 0 Å². The Balaban J connectivity index is 0.000000791. The highest BCUT2D eigenvalue weighted by Crippen LogP contribution is 2.21. The molecule has 0 spiro atoms. The van der Waals surface area contributed by atoms with E-state index < -0.39 is 0 Å². The summed E-state index contributed by atoms with van der Waals surface area (Å²) in [5.41, 5.74) is 5.72. The van der Waals surface area contributed by atoms with E-state index in [0.717, 1.165) is 0 Å². The van der Waals surface area contributed by atoms with Gasteiger partial charge in [-0.05, 0) is 48.9 Å². The molecule has 0 unspecified atom stereocenters. The number of hydrogen-bond acceptors (Lipinski definition) is 0. The highest BCUT2D eigenvalue weighted by molar-refractivity contribution is 5.37. The van der Waals surface area contributed by atoms with Crippen LogP contribution in [0.2, 0.25) is 0 Å². The van der Waals surface area contributed by atoms with E-state index in [0.29, 0.717) is 5.92 Å². The molecular weight excluding hydrogens is 168 g/mol. The molecule has 0 aliphatic carbocycles. The van der Waals surface area contributed by atoms with Crippen molar-refractivity contribution in [3.05, 3.63) is 34.4 Å². The highest BCUT2D eigenvalue weighted by Gasteiger charge is 2.03. The van der Waals surface area contributed by atoms with Crippen molar-refractivity contribution in [2.75, 3.05) is 0 Å². The lowest BCUT2D eigenvalue weighted by Gasteiger charge is -2.11. The molecule has 0 atom stereocenters. The zero-order valence-electron chi connectivity index (χ0n) is 10.7. The second-order valence-electron chi connectivity index (χ2n) is 3.93. The molecule has 0 aliphatic heterocycles. The lowest BCUT2D eigenvalue weighted by molar-refractivity contribution is 0.861. The van der Waals surface area contributed by atoms with Crippen LogP contribution in [0.25, 0.3) is 0 Å². The zero-order chi connectivity index (χ0) is 11.3. The summed E-state index contributed by atoms with van der Waals surface area (Å²) in [5.74, 6) is 0.642. The molecule has 0 saturated carbocycles. The molecule has 0 bridgehead atoms. The van der Waals surface area contributed by atoms with Gasteiger partial charge in [-0.15, -0.1) is 0 Å². The van der Waals surface area contributed by atoms with Crippen molar-refractivity contribution in [3.8, 4) is 0 Å². The Morgan fingerprint density at radius 1 is 0.857 bits per heavy atom. The van der Waals surface area contributed by atoms with Crippen LogP contribution < -0.4 is 0 Å². The van der Waals surface area contributed by atoms with Gasteiger partial charge in [0.1, 0.15) is 0 Å². The van der Waals surface area contributed by atoms with Gasteiger partial charge in [-0.25, -0.2) is 0 Å². The van der Waals surface area contributed by atoms with Crippen molar-refractivity contribution in [2.24, 2.45) is 0 Å². The largest absolute Gasteiger partial charge is 0.0683 e. The lowest BCUT2D eigenvalue weighted by Crippen LogP contribution is -1.93. The summed E-state index contributed by atoms with van der Waals surface area (Å²) in [4.78, 5) is 0. The third kappa shape index (κ3) is 3.17. The van der Waals surface area contributed by atoms with Gasteiger partial charge in [0.15, 0.2) is 0 Å². The maximum absolute atomic E-state index is 2.30. The fourth-order valence-electron chi connectivity index (χ4n) is 1.40. The molecule has 0 N–H and O–H groups in total. The SMILES string of the molecule is CC.Cc1cc(C(C)C)cc(C)c1C. The summed E-state index contributed by atoms with van der Waals surface area (Å²) < 4.78 is 0. The third-order valence-corrected chi connectivity index (χ3v) is 2.62. The zero-order valence-corrected chi connectivity index (χ0v) is 10.7. The van der Waals surface area contributed by atoms with Crippen LogP contribution in [0.4, 0.5) is 0 Å². The molecular formula is C14H24. The minimum absolute atomic E-state index is 0.642. The first-order valence-corrected chi connectivity index (χ1v) is 5.60. The fourth-order valence-corrected chi connectivity index (χ4v) is 1.40. The van der Waals surface area contributed by atoms with Crippen LogP contribution in [0.1, 0.15) is 55.9 Å². The Labute approximate surface area is 89.4 Å². The Morgan fingerprint density at radius 2 is 1.21 bits per heavy atom. The predicted molar refractivity (Wildman–Crippen MR) is 66.1 cm³/mol. The maximum atomic E-state index is 2.30. The van der Waals surface area contributed by atoms with Crippen molar-refractivity contribution >= 4 is 0 Å². The number of benzene rings is 1. The topological polar surface area (TPSA) is 0 Å². The summed E-state index contributed by atoms with van der Waals surface area (Å²) in [7, 11) is 0. The van der Waals surface area contributed by atoms with Crippen LogP contribution in [0.5, 0.6) is 0 Å². The van der Waals surface area contributed by atoms with E-state index in [2.05, 4.69) is 46.8 Å². The second-order valence-corrected chi connectivity index (χ2v) is 3.93. The summed E-state index contributed by atoms with van der Waals surface area (Å²) in [6, 6.07) is 4.60. The summed E-state index contributed by atoms with van der Waals surface area (Å²) in [6.07, 6.45) is 0. The Kier molecular flexibility index (Phi) is 5.52. The molecule has 0 fully saturated rings. The van der Waals surface area contributed by atoms with Gasteiger partial charge >= 0.3 is 0 Å². The molecule has 0 aromatic heterocycles. The monoisotopic (exact) mass is 192 g/mol. The molecule has 0 heterocycles. The first kappa shape index (κ1) is 13.2. The molecule has 0 radical (unpaired) electrons. The van der Waals surface area contributed by atoms with Crippen molar-refractivity contribution in [3.63, 3.8) is 0 Å². The molecule has 0 saturated heterocycles. The molecule has 0 nitrogen and oxygen atoms in total. The lowest BCUT2D eigenvalue weighted by atomic mass is 9.95. The minimum Gasteiger partial charge on any atom is -0.0683 e. The number of rotatable bonds is 1. The average molecular weight is 192 g/mol. The summed E-state index contributed by atoms with van der Waals surface area (Å²) >= 11 is 0. The van der Waals surface area contributed by atoms with E-state index >= 15 is 0 Å². The van der Waals surface area contributed by atoms with Gasteiger partial charge in [0.05, 0.1) is 0 Å². The van der Waals surface area contributed by atoms with Gasteiger partial charge in [0, 0.05) is 0 Å². The summed E-state index contributed by atoms with van der Waals surface area (Å²) in [5, 5.41) is 0. The normalized spacial score (nSPS) is 9.71. The van der Waals surface area contributed by atoms with E-state index in [4.69, 9.17) is 0 Å². The molecule has 0 heteroatoms. The van der Waals surface area contributed by atoms with Crippen LogP contribution in [0.15, 0.2) is 12.1 Å². The van der Waals surface area contributed by atoms with E-state index in [1.54, 1.807) is 0 Å². The third-order valence-electron chi connectivity index (χ3n) is 2.62. The van der Waals surface area contributed by atoms with Gasteiger partial charge in [-0.3, -0.25) is 0 Å². The van der Waals surface area contributed by atoms with Gasteiger partial charge in [-0.1, -0.05) is 39.8 Å². The van der Waals surface area contributed by atoms with Gasteiger partial charge in [0.2, 0.25) is 0 Å². The average Bonchev–Trinajstić information content (AvgIpc) is 2.16. The van der Waals surface area contributed by atoms with Crippen LogP contribution in [-0.2, 0) is 0 Å². The molecule has 1 aromatic carbocycles. The smallest absolute Gasteiger partial charge is 0.0219 e. The van der Waals surface area contributed by atoms with Gasteiger partial charge in [0.25, 0.3) is 0 Å². The molecule has 14 heavy (non-hydrogen) atoms. The second kappa shape index (κ2) is 5.85. The van der Waals surface area contributed by atoms with Crippen LogP contribution in [-0.4, -0.2) is 0 Å². The van der Waals surface area contributed by atoms with E-state index in [1.807, 2.05) is 13.8 Å². The van der Waals surface area contributed by atoms with E-state index in [-0.39, 0.29) is 0 Å². The fraction of sp³-hybridized carbons (Fsp3) is 0.571. The number of hydrogen-bond donors (Lipinski definition) is 0. The van der Waals surface area contributed by atoms with Crippen LogP contribution in [0.3, 0.4) is 0 Å². The van der Waals surface area contributed by atoms with Crippen molar-refractivity contribution in [1.29, 1.82) is 0 Å². The molecule has 0 amide bonds. The Hall–Kier alpha value is -0.780. The first-order valence-electron chi connectivity index (χ1n) is 5.60. The van der Waals surface area contributed by atoms with Crippen molar-refractivity contribution in [1.82, 2.24) is 0 Å². The first-order chi connectivity index (χ1) is 6.52. The summed E-state index contributed by atoms with van der Waals surface area (Å²) in [6.45, 7) is 15.0. The van der Waals surface area contributed by atoms with E-state index in [9.17, 15) is 0 Å². The van der Waals surface area contributed by atoms with Gasteiger partial charge in [-0.2, -0.15) is 0 Å². The molecule has 0 aliphatic rings.